The van der Waals surface area contributed by atoms with Gasteiger partial charge in [-0.1, -0.05) is 91.0 Å². The van der Waals surface area contributed by atoms with Gasteiger partial charge in [0.1, 0.15) is 5.71 Å². The van der Waals surface area contributed by atoms with Crippen LogP contribution in [-0.2, 0) is 4.43 Å². The molecule has 0 aliphatic rings. The Kier molecular flexibility index (Phi) is 6.90. The molecule has 3 rings (SSSR count). The molecular weight excluding hydrogens is 403 g/mol. The minimum Gasteiger partial charge on any atom is -0.406 e. The molecule has 3 aromatic carbocycles. The summed E-state index contributed by atoms with van der Waals surface area (Å²) < 4.78 is 46.0. The Labute approximate surface area is 176 Å². The Morgan fingerprint density at radius 2 is 1.27 bits per heavy atom. The SMILES string of the molecule is CC(=N[C@@H](CO[Si](C)(c1ccccc1)c1ccccc1)c1ccccc1)C(F)(F)F. The van der Waals surface area contributed by atoms with Crippen molar-refractivity contribution in [2.75, 3.05) is 6.61 Å². The minimum absolute atomic E-state index is 0.0595. The fourth-order valence-electron chi connectivity index (χ4n) is 3.28. The predicted molar refractivity (Wildman–Crippen MR) is 118 cm³/mol. The van der Waals surface area contributed by atoms with Crippen LogP contribution in [0.4, 0.5) is 13.2 Å². The second-order valence-corrected chi connectivity index (χ2v) is 10.7. The lowest BCUT2D eigenvalue weighted by Gasteiger charge is -2.30. The molecule has 0 amide bonds. The first-order valence-electron chi connectivity index (χ1n) is 9.72. The van der Waals surface area contributed by atoms with E-state index in [0.29, 0.717) is 5.56 Å². The van der Waals surface area contributed by atoms with Crippen LogP contribution in [0, 0.1) is 0 Å². The lowest BCUT2D eigenvalue weighted by atomic mass is 10.1. The second-order valence-electron chi connectivity index (χ2n) is 7.22. The highest BCUT2D eigenvalue weighted by molar-refractivity contribution is 6.96. The average Bonchev–Trinajstić information content (AvgIpc) is 2.77. The van der Waals surface area contributed by atoms with Crippen LogP contribution < -0.4 is 10.4 Å². The molecule has 0 fully saturated rings. The van der Waals surface area contributed by atoms with E-state index in [1.165, 1.54) is 0 Å². The summed E-state index contributed by atoms with van der Waals surface area (Å²) in [7, 11) is -2.64. The Balaban J connectivity index is 1.97. The van der Waals surface area contributed by atoms with Crippen LogP contribution in [0.25, 0.3) is 0 Å². The Bertz CT molecular complexity index is 921. The van der Waals surface area contributed by atoms with E-state index >= 15 is 0 Å². The predicted octanol–water partition coefficient (Wildman–Crippen LogP) is 5.16. The number of hydrogen-bond acceptors (Lipinski definition) is 2. The van der Waals surface area contributed by atoms with Gasteiger partial charge < -0.3 is 4.43 Å². The third-order valence-electron chi connectivity index (χ3n) is 5.12. The van der Waals surface area contributed by atoms with E-state index in [9.17, 15) is 13.2 Å². The summed E-state index contributed by atoms with van der Waals surface area (Å²) in [6, 6.07) is 28.0. The average molecular weight is 428 g/mol. The topological polar surface area (TPSA) is 21.6 Å². The Morgan fingerprint density at radius 3 is 1.70 bits per heavy atom. The molecule has 0 N–H and O–H groups in total. The van der Waals surface area contributed by atoms with E-state index < -0.39 is 26.2 Å². The third kappa shape index (κ3) is 5.26. The molecule has 0 aromatic heterocycles. The fraction of sp³-hybridized carbons (Fsp3) is 0.208. The van der Waals surface area contributed by atoms with Gasteiger partial charge in [0.25, 0.3) is 8.32 Å². The lowest BCUT2D eigenvalue weighted by Crippen LogP contribution is -2.58. The van der Waals surface area contributed by atoms with Gasteiger partial charge in [0, 0.05) is 0 Å². The van der Waals surface area contributed by atoms with Gasteiger partial charge in [-0.2, -0.15) is 13.2 Å². The molecule has 0 unspecified atom stereocenters. The van der Waals surface area contributed by atoms with Gasteiger partial charge in [-0.3, -0.25) is 4.99 Å². The van der Waals surface area contributed by atoms with Crippen molar-refractivity contribution in [3.8, 4) is 0 Å². The van der Waals surface area contributed by atoms with Gasteiger partial charge in [0.05, 0.1) is 12.6 Å². The van der Waals surface area contributed by atoms with Gasteiger partial charge in [0.15, 0.2) is 0 Å². The van der Waals surface area contributed by atoms with Crippen molar-refractivity contribution < 1.29 is 17.6 Å². The lowest BCUT2D eigenvalue weighted by molar-refractivity contribution is -0.0596. The Hall–Kier alpha value is -2.70. The highest BCUT2D eigenvalue weighted by Crippen LogP contribution is 2.24. The summed E-state index contributed by atoms with van der Waals surface area (Å²) in [6.45, 7) is 3.13. The number of aliphatic imine (C=N–C) groups is 1. The Morgan fingerprint density at radius 1 is 0.833 bits per heavy atom. The van der Waals surface area contributed by atoms with Crippen LogP contribution in [0.2, 0.25) is 6.55 Å². The van der Waals surface area contributed by atoms with Crippen LogP contribution in [0.1, 0.15) is 18.5 Å². The molecule has 0 bridgehead atoms. The maximum atomic E-state index is 13.2. The second kappa shape index (κ2) is 9.41. The summed E-state index contributed by atoms with van der Waals surface area (Å²) in [5.74, 6) is 0. The van der Waals surface area contributed by atoms with E-state index in [4.69, 9.17) is 4.43 Å². The van der Waals surface area contributed by atoms with Crippen molar-refractivity contribution in [2.45, 2.75) is 25.7 Å². The minimum atomic E-state index is -4.47. The summed E-state index contributed by atoms with van der Waals surface area (Å²) in [5, 5.41) is 2.11. The molecule has 1 atom stereocenters. The van der Waals surface area contributed by atoms with Crippen molar-refractivity contribution in [1.29, 1.82) is 0 Å². The highest BCUT2D eigenvalue weighted by atomic mass is 28.4. The maximum Gasteiger partial charge on any atom is 0.428 e. The molecule has 0 saturated heterocycles. The number of hydrogen-bond donors (Lipinski definition) is 0. The standard InChI is InChI=1S/C24H24F3NOSi/c1-19(24(25,26)27)28-23(20-12-6-3-7-13-20)18-29-30(2,21-14-8-4-9-15-21)22-16-10-5-11-17-22/h3-17,23H,18H2,1-2H3/t23-/m0/s1. The van der Waals surface area contributed by atoms with E-state index in [2.05, 4.69) is 11.5 Å². The first kappa shape index (κ1) is 22.0. The van der Waals surface area contributed by atoms with E-state index in [0.717, 1.165) is 17.3 Å². The molecule has 3 aromatic rings. The van der Waals surface area contributed by atoms with Crippen LogP contribution in [0.15, 0.2) is 96.0 Å². The van der Waals surface area contributed by atoms with Crippen LogP contribution in [-0.4, -0.2) is 26.8 Å². The molecule has 6 heteroatoms. The highest BCUT2D eigenvalue weighted by Gasteiger charge is 2.36. The zero-order chi connectivity index (χ0) is 21.6. The zero-order valence-corrected chi connectivity index (χ0v) is 17.9. The van der Waals surface area contributed by atoms with Crippen molar-refractivity contribution in [1.82, 2.24) is 0 Å². The molecule has 0 heterocycles. The third-order valence-corrected chi connectivity index (χ3v) is 8.74. The molecule has 0 aliphatic carbocycles. The van der Waals surface area contributed by atoms with Crippen molar-refractivity contribution >= 4 is 24.4 Å². The van der Waals surface area contributed by atoms with Crippen molar-refractivity contribution in [3.05, 3.63) is 96.6 Å². The van der Waals surface area contributed by atoms with Gasteiger partial charge in [-0.25, -0.2) is 0 Å². The zero-order valence-electron chi connectivity index (χ0n) is 16.9. The van der Waals surface area contributed by atoms with E-state index in [1.807, 2.05) is 66.7 Å². The number of benzene rings is 3. The number of nitrogens with zero attached hydrogens (tertiary/aromatic N) is 1. The summed E-state index contributed by atoms with van der Waals surface area (Å²) in [4.78, 5) is 4.00. The van der Waals surface area contributed by atoms with Crippen LogP contribution in [0.5, 0.6) is 0 Å². The van der Waals surface area contributed by atoms with Crippen molar-refractivity contribution in [2.24, 2.45) is 4.99 Å². The quantitative estimate of drug-likeness (QED) is 0.377. The first-order valence-corrected chi connectivity index (χ1v) is 12.1. The first-order chi connectivity index (χ1) is 14.3. The molecule has 0 aliphatic heterocycles. The maximum absolute atomic E-state index is 13.2. The van der Waals surface area contributed by atoms with Gasteiger partial charge in [0.2, 0.25) is 0 Å². The number of rotatable bonds is 7. The molecular formula is C24H24F3NOSi. The summed E-state index contributed by atoms with van der Waals surface area (Å²) >= 11 is 0. The number of alkyl halides is 3. The van der Waals surface area contributed by atoms with Crippen LogP contribution in [0.3, 0.4) is 0 Å². The van der Waals surface area contributed by atoms with Gasteiger partial charge in [-0.05, 0) is 29.4 Å². The van der Waals surface area contributed by atoms with Gasteiger partial charge in [-0.15, -0.1) is 0 Å². The molecule has 2 nitrogen and oxygen atoms in total. The smallest absolute Gasteiger partial charge is 0.406 e. The molecule has 0 saturated carbocycles. The largest absolute Gasteiger partial charge is 0.428 e. The van der Waals surface area contributed by atoms with Gasteiger partial charge >= 0.3 is 6.18 Å². The molecule has 0 radical (unpaired) electrons. The molecule has 0 spiro atoms. The monoisotopic (exact) mass is 427 g/mol. The summed E-state index contributed by atoms with van der Waals surface area (Å²) in [5.41, 5.74) is -0.165. The number of halogens is 3. The van der Waals surface area contributed by atoms with E-state index in [1.54, 1.807) is 24.3 Å². The molecule has 30 heavy (non-hydrogen) atoms. The normalized spacial score (nSPS) is 13.8. The van der Waals surface area contributed by atoms with Crippen LogP contribution >= 0.6 is 0 Å². The molecule has 156 valence electrons. The van der Waals surface area contributed by atoms with Crippen molar-refractivity contribution in [3.63, 3.8) is 0 Å². The van der Waals surface area contributed by atoms with E-state index in [-0.39, 0.29) is 6.61 Å². The summed E-state index contributed by atoms with van der Waals surface area (Å²) in [6.07, 6.45) is -4.47. The fourth-order valence-corrected chi connectivity index (χ4v) is 6.10.